The van der Waals surface area contributed by atoms with Crippen LogP contribution in [0.3, 0.4) is 0 Å². The first-order chi connectivity index (χ1) is 8.80. The molecular formula is C16H32N2O. The van der Waals surface area contributed by atoms with Crippen molar-refractivity contribution in [2.45, 2.75) is 65.8 Å². The summed E-state index contributed by atoms with van der Waals surface area (Å²) in [4.78, 5) is 14.1. The molecule has 112 valence electrons. The zero-order valence-corrected chi connectivity index (χ0v) is 13.5. The molecule has 0 saturated carbocycles. The second kappa shape index (κ2) is 7.28. The van der Waals surface area contributed by atoms with E-state index in [0.717, 1.165) is 19.5 Å². The number of carbonyl (C=O) groups is 1. The Bertz CT molecular complexity index is 277. The van der Waals surface area contributed by atoms with Gasteiger partial charge in [-0.3, -0.25) is 4.79 Å². The van der Waals surface area contributed by atoms with Gasteiger partial charge in [0.05, 0.1) is 0 Å². The van der Waals surface area contributed by atoms with Gasteiger partial charge in [0, 0.05) is 26.1 Å². The van der Waals surface area contributed by atoms with Crippen molar-refractivity contribution in [1.82, 2.24) is 10.2 Å². The maximum absolute atomic E-state index is 12.2. The van der Waals surface area contributed by atoms with Crippen molar-refractivity contribution in [3.63, 3.8) is 0 Å². The number of carbonyl (C=O) groups excluding carboxylic acids is 1. The molecule has 2 atom stereocenters. The van der Waals surface area contributed by atoms with E-state index in [9.17, 15) is 4.79 Å². The van der Waals surface area contributed by atoms with Crippen molar-refractivity contribution in [1.29, 1.82) is 0 Å². The second-order valence-electron chi connectivity index (χ2n) is 7.22. The topological polar surface area (TPSA) is 32.3 Å². The highest BCUT2D eigenvalue weighted by atomic mass is 16.2. The van der Waals surface area contributed by atoms with Crippen LogP contribution in [0.5, 0.6) is 0 Å². The van der Waals surface area contributed by atoms with Crippen molar-refractivity contribution in [3.05, 3.63) is 0 Å². The van der Waals surface area contributed by atoms with Crippen LogP contribution in [0.1, 0.15) is 59.8 Å². The van der Waals surface area contributed by atoms with Crippen LogP contribution in [0.2, 0.25) is 0 Å². The van der Waals surface area contributed by atoms with Crippen LogP contribution in [-0.2, 0) is 4.79 Å². The van der Waals surface area contributed by atoms with E-state index >= 15 is 0 Å². The monoisotopic (exact) mass is 268 g/mol. The minimum atomic E-state index is 0.210. The zero-order valence-electron chi connectivity index (χ0n) is 13.5. The average Bonchev–Trinajstić information content (AvgIpc) is 2.35. The number of hydrogen-bond donors (Lipinski definition) is 1. The van der Waals surface area contributed by atoms with Gasteiger partial charge in [0.15, 0.2) is 0 Å². The highest BCUT2D eigenvalue weighted by molar-refractivity contribution is 5.76. The number of amides is 1. The first kappa shape index (κ1) is 16.5. The van der Waals surface area contributed by atoms with Gasteiger partial charge < -0.3 is 10.2 Å². The largest absolute Gasteiger partial charge is 0.346 e. The van der Waals surface area contributed by atoms with Crippen LogP contribution in [0, 0.1) is 11.3 Å². The van der Waals surface area contributed by atoms with Crippen molar-refractivity contribution >= 4 is 5.91 Å². The van der Waals surface area contributed by atoms with Crippen molar-refractivity contribution in [3.8, 4) is 0 Å². The number of nitrogens with zero attached hydrogens (tertiary/aromatic N) is 1. The lowest BCUT2D eigenvalue weighted by Crippen LogP contribution is -2.38. The third-order valence-corrected chi connectivity index (χ3v) is 4.61. The van der Waals surface area contributed by atoms with E-state index in [4.69, 9.17) is 0 Å². The standard InChI is InChI=1S/C16H32N2O/c1-13(16(2,3)4)12-15(19)18(5)11-9-14-8-6-7-10-17-14/h13-14,17H,6-12H2,1-5H3. The molecule has 1 aliphatic heterocycles. The molecule has 1 saturated heterocycles. The van der Waals surface area contributed by atoms with Gasteiger partial charge in [-0.1, -0.05) is 34.1 Å². The third-order valence-electron chi connectivity index (χ3n) is 4.61. The van der Waals surface area contributed by atoms with Crippen LogP contribution < -0.4 is 5.32 Å². The minimum absolute atomic E-state index is 0.210. The summed E-state index contributed by atoms with van der Waals surface area (Å²) in [6.45, 7) is 10.8. The molecule has 0 radical (unpaired) electrons. The highest BCUT2D eigenvalue weighted by Crippen LogP contribution is 2.28. The highest BCUT2D eigenvalue weighted by Gasteiger charge is 2.24. The summed E-state index contributed by atoms with van der Waals surface area (Å²) < 4.78 is 0. The normalized spacial score (nSPS) is 22.1. The number of hydrogen-bond acceptors (Lipinski definition) is 2. The van der Waals surface area contributed by atoms with E-state index in [1.54, 1.807) is 0 Å². The number of nitrogens with one attached hydrogen (secondary N) is 1. The third kappa shape index (κ3) is 5.94. The Morgan fingerprint density at radius 2 is 2.05 bits per heavy atom. The molecule has 1 rings (SSSR count). The summed E-state index contributed by atoms with van der Waals surface area (Å²) in [6, 6.07) is 0.615. The summed E-state index contributed by atoms with van der Waals surface area (Å²) in [6.07, 6.45) is 5.65. The minimum Gasteiger partial charge on any atom is -0.346 e. The maximum Gasteiger partial charge on any atom is 0.222 e. The fourth-order valence-corrected chi connectivity index (χ4v) is 2.37. The summed E-state index contributed by atoms with van der Waals surface area (Å²) >= 11 is 0. The molecule has 0 aromatic heterocycles. The summed E-state index contributed by atoms with van der Waals surface area (Å²) in [5.41, 5.74) is 0.210. The van der Waals surface area contributed by atoms with Crippen LogP contribution in [0.4, 0.5) is 0 Å². The first-order valence-corrected chi connectivity index (χ1v) is 7.78. The molecule has 0 spiro atoms. The predicted molar refractivity (Wildman–Crippen MR) is 81.1 cm³/mol. The fourth-order valence-electron chi connectivity index (χ4n) is 2.37. The van der Waals surface area contributed by atoms with Gasteiger partial charge in [-0.2, -0.15) is 0 Å². The zero-order chi connectivity index (χ0) is 14.5. The molecule has 0 aliphatic carbocycles. The van der Waals surface area contributed by atoms with E-state index in [0.29, 0.717) is 24.3 Å². The lowest BCUT2D eigenvalue weighted by Gasteiger charge is -2.30. The van der Waals surface area contributed by atoms with Gasteiger partial charge in [0.1, 0.15) is 0 Å². The molecule has 1 aliphatic rings. The molecule has 3 heteroatoms. The molecule has 2 unspecified atom stereocenters. The van der Waals surface area contributed by atoms with Crippen LogP contribution in [0.25, 0.3) is 0 Å². The van der Waals surface area contributed by atoms with E-state index in [1.165, 1.54) is 19.3 Å². The van der Waals surface area contributed by atoms with E-state index in [2.05, 4.69) is 33.0 Å². The summed E-state index contributed by atoms with van der Waals surface area (Å²) in [5, 5.41) is 3.54. The van der Waals surface area contributed by atoms with E-state index < -0.39 is 0 Å². The first-order valence-electron chi connectivity index (χ1n) is 7.78. The molecule has 1 fully saturated rings. The van der Waals surface area contributed by atoms with Crippen molar-refractivity contribution in [2.24, 2.45) is 11.3 Å². The van der Waals surface area contributed by atoms with Crippen molar-refractivity contribution in [2.75, 3.05) is 20.1 Å². The molecule has 0 aromatic rings. The van der Waals surface area contributed by atoms with Gasteiger partial charge in [0.2, 0.25) is 5.91 Å². The van der Waals surface area contributed by atoms with Crippen LogP contribution in [-0.4, -0.2) is 37.0 Å². The van der Waals surface area contributed by atoms with Crippen LogP contribution >= 0.6 is 0 Å². The van der Waals surface area contributed by atoms with E-state index in [-0.39, 0.29) is 5.41 Å². The van der Waals surface area contributed by atoms with E-state index in [1.807, 2.05) is 11.9 Å². The quantitative estimate of drug-likeness (QED) is 0.831. The Hall–Kier alpha value is -0.570. The Kier molecular flexibility index (Phi) is 6.31. The smallest absolute Gasteiger partial charge is 0.222 e. The fraction of sp³-hybridized carbons (Fsp3) is 0.938. The molecule has 19 heavy (non-hydrogen) atoms. The summed E-state index contributed by atoms with van der Waals surface area (Å²) in [5.74, 6) is 0.716. The Morgan fingerprint density at radius 3 is 2.58 bits per heavy atom. The van der Waals surface area contributed by atoms with Crippen molar-refractivity contribution < 1.29 is 4.79 Å². The lowest BCUT2D eigenvalue weighted by atomic mass is 9.80. The lowest BCUT2D eigenvalue weighted by molar-refractivity contribution is -0.131. The Morgan fingerprint density at radius 1 is 1.37 bits per heavy atom. The maximum atomic E-state index is 12.2. The number of piperidine rings is 1. The molecular weight excluding hydrogens is 236 g/mol. The van der Waals surface area contributed by atoms with Gasteiger partial charge in [0.25, 0.3) is 0 Å². The molecule has 1 amide bonds. The molecule has 1 heterocycles. The van der Waals surface area contributed by atoms with Gasteiger partial charge in [-0.05, 0) is 37.1 Å². The van der Waals surface area contributed by atoms with Crippen LogP contribution in [0.15, 0.2) is 0 Å². The van der Waals surface area contributed by atoms with Gasteiger partial charge in [-0.25, -0.2) is 0 Å². The Labute approximate surface area is 119 Å². The predicted octanol–water partition coefficient (Wildman–Crippen LogP) is 3.05. The van der Waals surface area contributed by atoms with Gasteiger partial charge in [-0.15, -0.1) is 0 Å². The molecule has 0 bridgehead atoms. The average molecular weight is 268 g/mol. The summed E-state index contributed by atoms with van der Waals surface area (Å²) in [7, 11) is 1.94. The second-order valence-corrected chi connectivity index (χ2v) is 7.22. The SMILES string of the molecule is CC(CC(=O)N(C)CCC1CCCCN1)C(C)(C)C. The molecule has 3 nitrogen and oxygen atoms in total. The van der Waals surface area contributed by atoms with Gasteiger partial charge >= 0.3 is 0 Å². The molecule has 0 aromatic carbocycles. The molecule has 1 N–H and O–H groups in total. The number of rotatable bonds is 5. The Balaban J connectivity index is 2.28.